The van der Waals surface area contributed by atoms with Crippen LogP contribution in [-0.4, -0.2) is 33.8 Å². The maximum Gasteiger partial charge on any atom is 0.277 e. The maximum atomic E-state index is 13.6. The molecule has 0 saturated carbocycles. The second kappa shape index (κ2) is 8.29. The fraction of sp³-hybridized carbons (Fsp3) is 0.0833. The number of carbonyl (C=O) groups is 1. The van der Waals surface area contributed by atoms with Crippen molar-refractivity contribution in [2.24, 2.45) is 15.2 Å². The fourth-order valence-corrected chi connectivity index (χ4v) is 3.82. The highest BCUT2D eigenvalue weighted by Gasteiger charge is 2.31. The molecule has 1 aromatic rings. The van der Waals surface area contributed by atoms with Gasteiger partial charge in [0, 0.05) is 17.5 Å². The first kappa shape index (κ1) is 20.5. The molecule has 9 heteroatoms. The van der Waals surface area contributed by atoms with Gasteiger partial charge in [-0.15, -0.1) is 0 Å². The third kappa shape index (κ3) is 3.97. The van der Waals surface area contributed by atoms with E-state index in [1.54, 1.807) is 61.7 Å². The molecule has 0 fully saturated rings. The van der Waals surface area contributed by atoms with Crippen LogP contribution in [0.1, 0.15) is 18.5 Å². The molecule has 33 heavy (non-hydrogen) atoms. The quantitative estimate of drug-likeness (QED) is 0.611. The third-order valence-electron chi connectivity index (χ3n) is 5.43. The zero-order valence-electron chi connectivity index (χ0n) is 17.5. The Morgan fingerprint density at radius 1 is 1.18 bits per heavy atom. The smallest absolute Gasteiger partial charge is 0.277 e. The van der Waals surface area contributed by atoms with E-state index in [0.29, 0.717) is 34.1 Å². The van der Waals surface area contributed by atoms with Crippen LogP contribution in [0.25, 0.3) is 0 Å². The van der Waals surface area contributed by atoms with Gasteiger partial charge in [-0.25, -0.2) is 14.4 Å². The number of carbonyl (C=O) groups excluding carboxylic acids is 1. The van der Waals surface area contributed by atoms with Gasteiger partial charge in [-0.2, -0.15) is 10.2 Å². The molecule has 0 radical (unpaired) electrons. The fourth-order valence-electron chi connectivity index (χ4n) is 3.82. The van der Waals surface area contributed by atoms with Crippen molar-refractivity contribution in [1.82, 2.24) is 15.7 Å². The highest BCUT2D eigenvalue weighted by molar-refractivity contribution is 6.32. The largest absolute Gasteiger partial charge is 0.359 e. The maximum absolute atomic E-state index is 13.6. The molecule has 5 rings (SSSR count). The van der Waals surface area contributed by atoms with Gasteiger partial charge in [0.25, 0.3) is 5.91 Å². The van der Waals surface area contributed by atoms with Crippen molar-refractivity contribution in [3.05, 3.63) is 107 Å². The molecule has 0 spiro atoms. The highest BCUT2D eigenvalue weighted by Crippen LogP contribution is 2.31. The van der Waals surface area contributed by atoms with Crippen LogP contribution in [0.15, 0.2) is 110 Å². The predicted octanol–water partition coefficient (Wildman–Crippen LogP) is 3.18. The number of hydrogen-bond donors (Lipinski definition) is 3. The molecule has 1 aliphatic carbocycles. The van der Waals surface area contributed by atoms with Gasteiger partial charge >= 0.3 is 0 Å². The lowest BCUT2D eigenvalue weighted by atomic mass is 9.94. The van der Waals surface area contributed by atoms with Crippen LogP contribution in [-0.2, 0) is 4.79 Å². The Balaban J connectivity index is 1.55. The van der Waals surface area contributed by atoms with Gasteiger partial charge in [-0.3, -0.25) is 10.0 Å². The van der Waals surface area contributed by atoms with E-state index in [-0.39, 0.29) is 5.82 Å². The Hall–Kier alpha value is -4.37. The molecule has 0 aromatic heterocycles. The van der Waals surface area contributed by atoms with Crippen molar-refractivity contribution in [2.45, 2.75) is 13.0 Å². The van der Waals surface area contributed by atoms with Crippen LogP contribution in [0, 0.1) is 5.82 Å². The van der Waals surface area contributed by atoms with Gasteiger partial charge in [0.1, 0.15) is 17.3 Å². The molecule has 0 saturated heterocycles. The second-order valence-corrected chi connectivity index (χ2v) is 7.60. The average Bonchev–Trinajstić information content (AvgIpc) is 3.27. The number of hydrogen-bond acceptors (Lipinski definition) is 7. The standard InChI is InChI=1S/C24H19FN6O2/c1-14-21(24(32)28-18-9-10-19-16(12-18)13-26-30-19)22(15-5-7-17(25)8-6-15)29-23(27-14)20-4-2-3-11-31(20)33/h2-13,22,27,29,33H,1H3. The van der Waals surface area contributed by atoms with Crippen LogP contribution in [0.4, 0.5) is 4.39 Å². The Bertz CT molecular complexity index is 1310. The first-order valence-electron chi connectivity index (χ1n) is 10.2. The van der Waals surface area contributed by atoms with Gasteiger partial charge in [0.05, 0.1) is 29.3 Å². The molecular formula is C24H19FN6O2. The van der Waals surface area contributed by atoms with Crippen molar-refractivity contribution in [2.75, 3.05) is 0 Å². The molecule has 3 aliphatic heterocycles. The number of allylic oxidation sites excluding steroid dienone is 8. The lowest BCUT2D eigenvalue weighted by Gasteiger charge is -2.33. The summed E-state index contributed by atoms with van der Waals surface area (Å²) in [7, 11) is 0. The van der Waals surface area contributed by atoms with Crippen molar-refractivity contribution < 1.29 is 14.4 Å². The van der Waals surface area contributed by atoms with Crippen molar-refractivity contribution >= 4 is 23.5 Å². The molecule has 8 nitrogen and oxygen atoms in total. The number of amides is 1. The number of fused-ring (bicyclic) bond motifs is 1. The minimum absolute atomic E-state index is 0.378. The topological polar surface area (TPSA) is 102 Å². The van der Waals surface area contributed by atoms with Gasteiger partial charge in [-0.1, -0.05) is 18.2 Å². The van der Waals surface area contributed by atoms with Gasteiger partial charge in [0.15, 0.2) is 0 Å². The summed E-state index contributed by atoms with van der Waals surface area (Å²) in [5, 5.41) is 25.5. The predicted molar refractivity (Wildman–Crippen MR) is 123 cm³/mol. The molecule has 164 valence electrons. The lowest BCUT2D eigenvalue weighted by molar-refractivity contribution is -0.114. The van der Waals surface area contributed by atoms with Crippen LogP contribution < -0.4 is 10.6 Å². The van der Waals surface area contributed by atoms with Crippen molar-refractivity contribution in [1.29, 1.82) is 0 Å². The lowest BCUT2D eigenvalue weighted by Crippen LogP contribution is -2.41. The molecule has 1 aromatic carbocycles. The number of halogens is 1. The number of rotatable bonds is 2. The summed E-state index contributed by atoms with van der Waals surface area (Å²) in [5.41, 5.74) is 4.07. The zero-order chi connectivity index (χ0) is 22.9. The summed E-state index contributed by atoms with van der Waals surface area (Å²) in [6.45, 7) is 1.76. The highest BCUT2D eigenvalue weighted by atomic mass is 19.1. The monoisotopic (exact) mass is 442 g/mol. The molecule has 3 heterocycles. The van der Waals surface area contributed by atoms with E-state index in [9.17, 15) is 14.4 Å². The Labute approximate surface area is 188 Å². The van der Waals surface area contributed by atoms with Crippen molar-refractivity contribution in [3.63, 3.8) is 0 Å². The number of aliphatic imine (C=N–C) groups is 1. The van der Waals surface area contributed by atoms with Crippen molar-refractivity contribution in [3.8, 4) is 0 Å². The number of nitrogens with zero attached hydrogens (tertiary/aromatic N) is 4. The van der Waals surface area contributed by atoms with E-state index < -0.39 is 11.9 Å². The summed E-state index contributed by atoms with van der Waals surface area (Å²) in [4.78, 5) is 17.6. The summed E-state index contributed by atoms with van der Waals surface area (Å²) in [6.07, 6.45) is 13.5. The van der Waals surface area contributed by atoms with Gasteiger partial charge < -0.3 is 10.6 Å². The average molecular weight is 442 g/mol. The molecule has 1 atom stereocenters. The van der Waals surface area contributed by atoms with E-state index in [0.717, 1.165) is 16.3 Å². The Morgan fingerprint density at radius 2 is 2.00 bits per heavy atom. The molecule has 1 unspecified atom stereocenters. The Kier molecular flexibility index (Phi) is 5.15. The first-order valence-corrected chi connectivity index (χ1v) is 10.2. The third-order valence-corrected chi connectivity index (χ3v) is 5.43. The van der Waals surface area contributed by atoms with E-state index in [1.807, 2.05) is 0 Å². The number of nitrogens with one attached hydrogen (secondary N) is 2. The van der Waals surface area contributed by atoms with Crippen LogP contribution in [0.5, 0.6) is 0 Å². The van der Waals surface area contributed by atoms with E-state index in [2.05, 4.69) is 25.8 Å². The minimum atomic E-state index is -0.621. The van der Waals surface area contributed by atoms with Crippen LogP contribution in [0.3, 0.4) is 0 Å². The van der Waals surface area contributed by atoms with Gasteiger partial charge in [-0.05, 0) is 55.0 Å². The summed E-state index contributed by atoms with van der Waals surface area (Å²) in [5.74, 6) is -0.328. The summed E-state index contributed by atoms with van der Waals surface area (Å²) >= 11 is 0. The SMILES string of the molecule is CC1=C(C(=O)N=C2C=CC3=NN=CC3=C2)C(c2ccc(F)cc2)NC(=C2C=CC=CN2O)N1. The number of benzene rings is 1. The first-order chi connectivity index (χ1) is 16.0. The molecule has 0 bridgehead atoms. The van der Waals surface area contributed by atoms with E-state index in [4.69, 9.17) is 0 Å². The summed E-state index contributed by atoms with van der Waals surface area (Å²) in [6, 6.07) is 5.28. The molecule has 4 aliphatic rings. The van der Waals surface area contributed by atoms with Crippen LogP contribution in [0.2, 0.25) is 0 Å². The van der Waals surface area contributed by atoms with E-state index >= 15 is 0 Å². The number of hydroxylamine groups is 2. The minimum Gasteiger partial charge on any atom is -0.359 e. The zero-order valence-corrected chi connectivity index (χ0v) is 17.5. The van der Waals surface area contributed by atoms with Gasteiger partial charge in [0.2, 0.25) is 0 Å². The second-order valence-electron chi connectivity index (χ2n) is 7.60. The molecule has 3 N–H and O–H groups in total. The molecule has 1 amide bonds. The molecular weight excluding hydrogens is 423 g/mol. The summed E-state index contributed by atoms with van der Waals surface area (Å²) < 4.78 is 13.6. The normalized spacial score (nSPS) is 24.5. The Morgan fingerprint density at radius 3 is 2.79 bits per heavy atom. The van der Waals surface area contributed by atoms with E-state index in [1.165, 1.54) is 18.3 Å². The van der Waals surface area contributed by atoms with Crippen LogP contribution >= 0.6 is 0 Å².